The fourth-order valence-electron chi connectivity index (χ4n) is 1.76. The van der Waals surface area contributed by atoms with E-state index in [1.54, 1.807) is 31.4 Å². The highest BCUT2D eigenvalue weighted by atomic mass is 16.5. The second-order valence-electron chi connectivity index (χ2n) is 4.54. The third-order valence-electron chi connectivity index (χ3n) is 2.99. The molecule has 0 atom stereocenters. The first-order valence-electron chi connectivity index (χ1n) is 6.71. The Morgan fingerprint density at radius 2 is 1.38 bits per heavy atom. The van der Waals surface area contributed by atoms with Gasteiger partial charge in [-0.1, -0.05) is 19.1 Å². The van der Waals surface area contributed by atoms with E-state index < -0.39 is 0 Å². The standard InChI is InChI=1S/C9H12O2.C8H10O2/c1-3-7-4-5-9(11-2)8(10)6-7;1-6-3-4-8(10-2)7(9)5-6/h4-6,10H,3H2,1-2H3;3-5,9H,1-2H3. The summed E-state index contributed by atoms with van der Waals surface area (Å²) in [6.07, 6.45) is 0.928. The molecule has 0 aliphatic carbocycles. The number of hydrogen-bond donors (Lipinski definition) is 2. The predicted octanol–water partition coefficient (Wildman–Crippen LogP) is 3.67. The molecule has 4 nitrogen and oxygen atoms in total. The van der Waals surface area contributed by atoms with Gasteiger partial charge in [0.25, 0.3) is 0 Å². The lowest BCUT2D eigenvalue weighted by Gasteiger charge is -2.03. The number of rotatable bonds is 3. The average molecular weight is 290 g/mol. The molecule has 2 aromatic carbocycles. The molecule has 0 saturated carbocycles. The van der Waals surface area contributed by atoms with Crippen LogP contribution in [0, 0.1) is 6.92 Å². The van der Waals surface area contributed by atoms with Gasteiger partial charge in [0.15, 0.2) is 23.0 Å². The lowest BCUT2D eigenvalue weighted by atomic mass is 10.1. The van der Waals surface area contributed by atoms with Crippen molar-refractivity contribution in [1.82, 2.24) is 0 Å². The van der Waals surface area contributed by atoms with Crippen LogP contribution in [-0.4, -0.2) is 24.4 Å². The van der Waals surface area contributed by atoms with E-state index in [9.17, 15) is 5.11 Å². The summed E-state index contributed by atoms with van der Waals surface area (Å²) in [6, 6.07) is 10.7. The van der Waals surface area contributed by atoms with Gasteiger partial charge >= 0.3 is 0 Å². The Hall–Kier alpha value is -2.36. The molecular formula is C17H22O4. The maximum absolute atomic E-state index is 9.30. The fraction of sp³-hybridized carbons (Fsp3) is 0.294. The maximum Gasteiger partial charge on any atom is 0.160 e. The molecule has 0 saturated heterocycles. The third kappa shape index (κ3) is 4.91. The molecule has 4 heteroatoms. The van der Waals surface area contributed by atoms with Crippen molar-refractivity contribution < 1.29 is 19.7 Å². The first-order valence-corrected chi connectivity index (χ1v) is 6.71. The van der Waals surface area contributed by atoms with Gasteiger partial charge < -0.3 is 19.7 Å². The third-order valence-corrected chi connectivity index (χ3v) is 2.99. The number of ether oxygens (including phenoxy) is 2. The molecule has 0 unspecified atom stereocenters. The van der Waals surface area contributed by atoms with Crippen LogP contribution in [0.4, 0.5) is 0 Å². The minimum absolute atomic E-state index is 0.197. The lowest BCUT2D eigenvalue weighted by molar-refractivity contribution is 0.373. The van der Waals surface area contributed by atoms with Crippen LogP contribution >= 0.6 is 0 Å². The van der Waals surface area contributed by atoms with E-state index in [-0.39, 0.29) is 11.5 Å². The summed E-state index contributed by atoms with van der Waals surface area (Å²) < 4.78 is 9.74. The second-order valence-corrected chi connectivity index (χ2v) is 4.54. The normalized spacial score (nSPS) is 9.52. The molecule has 2 aromatic rings. The molecule has 0 aromatic heterocycles. The molecule has 2 N–H and O–H groups in total. The zero-order valence-electron chi connectivity index (χ0n) is 12.9. The van der Waals surface area contributed by atoms with Crippen molar-refractivity contribution >= 4 is 0 Å². The molecular weight excluding hydrogens is 268 g/mol. The highest BCUT2D eigenvalue weighted by Crippen LogP contribution is 2.26. The van der Waals surface area contributed by atoms with Gasteiger partial charge in [-0.05, 0) is 48.7 Å². The van der Waals surface area contributed by atoms with Crippen molar-refractivity contribution in [2.24, 2.45) is 0 Å². The molecule has 114 valence electrons. The van der Waals surface area contributed by atoms with Crippen LogP contribution in [0.2, 0.25) is 0 Å². The minimum Gasteiger partial charge on any atom is -0.504 e. The van der Waals surface area contributed by atoms with E-state index in [0.29, 0.717) is 11.5 Å². The molecule has 0 heterocycles. The molecule has 2 rings (SSSR count). The van der Waals surface area contributed by atoms with Crippen LogP contribution in [0.25, 0.3) is 0 Å². The highest BCUT2D eigenvalue weighted by Gasteiger charge is 1.99. The van der Waals surface area contributed by atoms with Gasteiger partial charge in [0.1, 0.15) is 0 Å². The summed E-state index contributed by atoms with van der Waals surface area (Å²) in [5, 5.41) is 18.5. The van der Waals surface area contributed by atoms with Crippen molar-refractivity contribution in [3.63, 3.8) is 0 Å². The highest BCUT2D eigenvalue weighted by molar-refractivity contribution is 5.42. The summed E-state index contributed by atoms with van der Waals surface area (Å²) in [4.78, 5) is 0. The Labute approximate surface area is 125 Å². The second kappa shape index (κ2) is 8.04. The van der Waals surface area contributed by atoms with Crippen molar-refractivity contribution in [2.45, 2.75) is 20.3 Å². The zero-order valence-corrected chi connectivity index (χ0v) is 12.9. The zero-order chi connectivity index (χ0) is 15.8. The van der Waals surface area contributed by atoms with Gasteiger partial charge in [-0.3, -0.25) is 0 Å². The first kappa shape index (κ1) is 16.7. The van der Waals surface area contributed by atoms with Crippen molar-refractivity contribution in [2.75, 3.05) is 14.2 Å². The maximum atomic E-state index is 9.30. The smallest absolute Gasteiger partial charge is 0.160 e. The predicted molar refractivity (Wildman–Crippen MR) is 83.4 cm³/mol. The molecule has 0 aliphatic rings. The molecule has 0 amide bonds. The van der Waals surface area contributed by atoms with Crippen molar-refractivity contribution in [3.05, 3.63) is 47.5 Å². The summed E-state index contributed by atoms with van der Waals surface area (Å²) in [5.41, 5.74) is 2.14. The van der Waals surface area contributed by atoms with Crippen LogP contribution in [-0.2, 0) is 6.42 Å². The summed E-state index contributed by atoms with van der Waals surface area (Å²) in [5.74, 6) is 1.46. The monoisotopic (exact) mass is 290 g/mol. The minimum atomic E-state index is 0.197. The van der Waals surface area contributed by atoms with E-state index >= 15 is 0 Å². The van der Waals surface area contributed by atoms with Gasteiger partial charge in [-0.2, -0.15) is 0 Å². The van der Waals surface area contributed by atoms with Crippen molar-refractivity contribution in [3.8, 4) is 23.0 Å². The number of aryl methyl sites for hydroxylation is 2. The average Bonchev–Trinajstić information content (AvgIpc) is 2.48. The van der Waals surface area contributed by atoms with Crippen molar-refractivity contribution in [1.29, 1.82) is 0 Å². The molecule has 0 fully saturated rings. The number of phenols is 2. The van der Waals surface area contributed by atoms with E-state index in [1.807, 2.05) is 26.0 Å². The Balaban J connectivity index is 0.000000211. The SMILES string of the molecule is CCc1ccc(OC)c(O)c1.COc1ccc(C)cc1O. The number of methoxy groups -OCH3 is 2. The molecule has 0 aliphatic heterocycles. The Morgan fingerprint density at radius 1 is 0.857 bits per heavy atom. The van der Waals surface area contributed by atoms with E-state index in [0.717, 1.165) is 17.5 Å². The van der Waals surface area contributed by atoms with Gasteiger partial charge in [-0.15, -0.1) is 0 Å². The number of hydrogen-bond acceptors (Lipinski definition) is 4. The summed E-state index contributed by atoms with van der Waals surface area (Å²) in [7, 11) is 3.07. The van der Waals surface area contributed by atoms with E-state index in [1.165, 1.54) is 7.11 Å². The van der Waals surface area contributed by atoms with Gasteiger partial charge in [0.05, 0.1) is 14.2 Å². The van der Waals surface area contributed by atoms with Crippen LogP contribution in [0.15, 0.2) is 36.4 Å². The van der Waals surface area contributed by atoms with Crippen LogP contribution < -0.4 is 9.47 Å². The van der Waals surface area contributed by atoms with E-state index in [2.05, 4.69) is 0 Å². The Kier molecular flexibility index (Phi) is 6.40. The number of benzene rings is 2. The van der Waals surface area contributed by atoms with Gasteiger partial charge in [-0.25, -0.2) is 0 Å². The van der Waals surface area contributed by atoms with Gasteiger partial charge in [0, 0.05) is 0 Å². The first-order chi connectivity index (χ1) is 10.0. The number of phenolic OH excluding ortho intramolecular Hbond substituents is 2. The largest absolute Gasteiger partial charge is 0.504 e. The quantitative estimate of drug-likeness (QED) is 0.905. The fourth-order valence-corrected chi connectivity index (χ4v) is 1.76. The van der Waals surface area contributed by atoms with Crippen LogP contribution in [0.3, 0.4) is 0 Å². The Morgan fingerprint density at radius 3 is 1.81 bits per heavy atom. The molecule has 21 heavy (non-hydrogen) atoms. The summed E-state index contributed by atoms with van der Waals surface area (Å²) >= 11 is 0. The van der Waals surface area contributed by atoms with Crippen LogP contribution in [0.5, 0.6) is 23.0 Å². The lowest BCUT2D eigenvalue weighted by Crippen LogP contribution is -1.85. The molecule has 0 bridgehead atoms. The van der Waals surface area contributed by atoms with Gasteiger partial charge in [0.2, 0.25) is 0 Å². The topological polar surface area (TPSA) is 58.9 Å². The number of aromatic hydroxyl groups is 2. The Bertz CT molecular complexity index is 579. The van der Waals surface area contributed by atoms with Crippen LogP contribution in [0.1, 0.15) is 18.1 Å². The van der Waals surface area contributed by atoms with E-state index in [4.69, 9.17) is 14.6 Å². The summed E-state index contributed by atoms with van der Waals surface area (Å²) in [6.45, 7) is 3.96. The molecule has 0 spiro atoms. The molecule has 0 radical (unpaired) electrons.